The topological polar surface area (TPSA) is 81.2 Å². The number of aromatic amines is 1. The predicted octanol–water partition coefficient (Wildman–Crippen LogP) is 2.41. The third-order valence-corrected chi connectivity index (χ3v) is 4.60. The van der Waals surface area contributed by atoms with E-state index in [-0.39, 0.29) is 13.2 Å². The first kappa shape index (κ1) is 18.6. The minimum absolute atomic E-state index is 0.226. The van der Waals surface area contributed by atoms with E-state index >= 15 is 0 Å². The van der Waals surface area contributed by atoms with Gasteiger partial charge in [0.1, 0.15) is 6.54 Å². The third-order valence-electron chi connectivity index (χ3n) is 4.60. The van der Waals surface area contributed by atoms with Gasteiger partial charge in [0.25, 0.3) is 5.56 Å². The number of aromatic nitrogens is 2. The molecule has 1 aromatic heterocycles. The fraction of sp³-hybridized carbons (Fsp3) is 0.286. The summed E-state index contributed by atoms with van der Waals surface area (Å²) in [5.41, 5.74) is 1.05. The van der Waals surface area contributed by atoms with Crippen LogP contribution in [0.3, 0.4) is 0 Å². The summed E-state index contributed by atoms with van der Waals surface area (Å²) in [6.45, 7) is 3.57. The van der Waals surface area contributed by atoms with Crippen LogP contribution in [-0.4, -0.2) is 22.1 Å². The summed E-state index contributed by atoms with van der Waals surface area (Å²) < 4.78 is 6.31. The number of ether oxygens (including phenoxy) is 1. The van der Waals surface area contributed by atoms with Gasteiger partial charge in [-0.3, -0.25) is 19.1 Å². The van der Waals surface area contributed by atoms with E-state index in [4.69, 9.17) is 4.74 Å². The molecule has 0 radical (unpaired) electrons. The van der Waals surface area contributed by atoms with Crippen LogP contribution in [0.25, 0.3) is 10.8 Å². The zero-order chi connectivity index (χ0) is 19.4. The highest BCUT2D eigenvalue weighted by Crippen LogP contribution is 2.22. The Labute approximate surface area is 156 Å². The molecule has 0 amide bonds. The lowest BCUT2D eigenvalue weighted by molar-refractivity contribution is -0.143. The van der Waals surface area contributed by atoms with Crippen LogP contribution in [-0.2, 0) is 28.9 Å². The lowest BCUT2D eigenvalue weighted by Gasteiger charge is -2.16. The highest BCUT2D eigenvalue weighted by atomic mass is 16.5. The molecule has 6 nitrogen and oxygen atoms in total. The van der Waals surface area contributed by atoms with Crippen LogP contribution < -0.4 is 11.2 Å². The minimum Gasteiger partial charge on any atom is -0.465 e. The van der Waals surface area contributed by atoms with Gasteiger partial charge in [-0.1, -0.05) is 49.4 Å². The fourth-order valence-electron chi connectivity index (χ4n) is 3.35. The summed E-state index contributed by atoms with van der Waals surface area (Å²) in [6, 6.07) is 13.9. The quantitative estimate of drug-likeness (QED) is 0.679. The zero-order valence-corrected chi connectivity index (χ0v) is 15.5. The van der Waals surface area contributed by atoms with E-state index < -0.39 is 17.2 Å². The maximum Gasteiger partial charge on any atom is 0.329 e. The molecular formula is C21H22N2O4. The smallest absolute Gasteiger partial charge is 0.329 e. The minimum atomic E-state index is -0.597. The third kappa shape index (κ3) is 3.84. The number of rotatable bonds is 6. The average molecular weight is 366 g/mol. The summed E-state index contributed by atoms with van der Waals surface area (Å²) in [7, 11) is 0. The Balaban J connectivity index is 2.16. The van der Waals surface area contributed by atoms with Crippen molar-refractivity contribution in [3.8, 4) is 0 Å². The SMILES string of the molecule is CCOC(=O)Cn1c(Cc2cccc3ccccc23)c(CC)c(=O)[nH]c1=O. The van der Waals surface area contributed by atoms with Crippen molar-refractivity contribution in [2.24, 2.45) is 0 Å². The molecule has 0 saturated carbocycles. The highest BCUT2D eigenvalue weighted by molar-refractivity contribution is 5.85. The molecule has 0 spiro atoms. The van der Waals surface area contributed by atoms with Crippen molar-refractivity contribution in [3.63, 3.8) is 0 Å². The molecule has 2 aromatic carbocycles. The van der Waals surface area contributed by atoms with E-state index in [1.165, 1.54) is 4.57 Å². The molecule has 0 unspecified atom stereocenters. The van der Waals surface area contributed by atoms with Gasteiger partial charge in [-0.25, -0.2) is 4.79 Å². The van der Waals surface area contributed by atoms with Crippen molar-refractivity contribution in [2.45, 2.75) is 33.2 Å². The number of carbonyl (C=O) groups excluding carboxylic acids is 1. The van der Waals surface area contributed by atoms with Gasteiger partial charge in [-0.05, 0) is 29.7 Å². The molecule has 3 aromatic rings. The molecule has 0 aliphatic heterocycles. The molecule has 6 heteroatoms. The molecule has 0 saturated heterocycles. The summed E-state index contributed by atoms with van der Waals surface area (Å²) in [6.07, 6.45) is 0.835. The van der Waals surface area contributed by atoms with Crippen molar-refractivity contribution in [1.29, 1.82) is 0 Å². The second-order valence-corrected chi connectivity index (χ2v) is 6.24. The first-order valence-electron chi connectivity index (χ1n) is 9.02. The lowest BCUT2D eigenvalue weighted by Crippen LogP contribution is -2.37. The molecule has 27 heavy (non-hydrogen) atoms. The predicted molar refractivity (Wildman–Crippen MR) is 104 cm³/mol. The van der Waals surface area contributed by atoms with Gasteiger partial charge in [-0.2, -0.15) is 0 Å². The number of nitrogens with one attached hydrogen (secondary N) is 1. The molecule has 1 N–H and O–H groups in total. The highest BCUT2D eigenvalue weighted by Gasteiger charge is 2.17. The molecule has 140 valence electrons. The van der Waals surface area contributed by atoms with Crippen molar-refractivity contribution in [2.75, 3.05) is 6.61 Å². The average Bonchev–Trinajstić information content (AvgIpc) is 2.65. The largest absolute Gasteiger partial charge is 0.465 e. The number of carbonyl (C=O) groups is 1. The Morgan fingerprint density at radius 2 is 1.81 bits per heavy atom. The van der Waals surface area contributed by atoms with Gasteiger partial charge in [0.2, 0.25) is 0 Å². The molecule has 0 bridgehead atoms. The van der Waals surface area contributed by atoms with Crippen LogP contribution in [0.5, 0.6) is 0 Å². The van der Waals surface area contributed by atoms with Crippen molar-refractivity contribution in [3.05, 3.63) is 80.1 Å². The second kappa shape index (κ2) is 8.03. The number of hydrogen-bond donors (Lipinski definition) is 1. The Bertz CT molecular complexity index is 1090. The van der Waals surface area contributed by atoms with Crippen LogP contribution in [0.15, 0.2) is 52.1 Å². The number of nitrogens with zero attached hydrogens (tertiary/aromatic N) is 1. The fourth-order valence-corrected chi connectivity index (χ4v) is 3.35. The Morgan fingerprint density at radius 1 is 1.07 bits per heavy atom. The van der Waals surface area contributed by atoms with Gasteiger partial charge in [0.15, 0.2) is 0 Å². The first-order chi connectivity index (χ1) is 13.0. The maximum atomic E-state index is 12.4. The number of hydrogen-bond acceptors (Lipinski definition) is 4. The molecule has 0 aliphatic carbocycles. The van der Waals surface area contributed by atoms with Crippen molar-refractivity contribution >= 4 is 16.7 Å². The van der Waals surface area contributed by atoms with Gasteiger partial charge < -0.3 is 4.74 Å². The van der Waals surface area contributed by atoms with Gasteiger partial charge in [0, 0.05) is 17.7 Å². The molecule has 1 heterocycles. The van der Waals surface area contributed by atoms with Crippen molar-refractivity contribution in [1.82, 2.24) is 9.55 Å². The zero-order valence-electron chi connectivity index (χ0n) is 15.5. The van der Waals surface area contributed by atoms with E-state index in [2.05, 4.69) is 4.98 Å². The summed E-state index contributed by atoms with van der Waals surface area (Å²) in [4.78, 5) is 39.1. The summed E-state index contributed by atoms with van der Waals surface area (Å²) >= 11 is 0. The summed E-state index contributed by atoms with van der Waals surface area (Å²) in [5, 5.41) is 2.13. The van der Waals surface area contributed by atoms with E-state index in [0.29, 0.717) is 24.1 Å². The summed E-state index contributed by atoms with van der Waals surface area (Å²) in [5.74, 6) is -0.507. The molecular weight excluding hydrogens is 344 g/mol. The second-order valence-electron chi connectivity index (χ2n) is 6.24. The molecule has 0 fully saturated rings. The Morgan fingerprint density at radius 3 is 2.56 bits per heavy atom. The number of H-pyrrole nitrogens is 1. The Kier molecular flexibility index (Phi) is 5.54. The number of fused-ring (bicyclic) bond motifs is 1. The van der Waals surface area contributed by atoms with E-state index in [0.717, 1.165) is 16.3 Å². The van der Waals surface area contributed by atoms with Crippen LogP contribution in [0.4, 0.5) is 0 Å². The maximum absolute atomic E-state index is 12.4. The van der Waals surface area contributed by atoms with Crippen LogP contribution in [0.2, 0.25) is 0 Å². The van der Waals surface area contributed by atoms with Crippen molar-refractivity contribution < 1.29 is 9.53 Å². The van der Waals surface area contributed by atoms with Gasteiger partial charge in [0.05, 0.1) is 6.61 Å². The van der Waals surface area contributed by atoms with E-state index in [9.17, 15) is 14.4 Å². The van der Waals surface area contributed by atoms with Gasteiger partial charge in [-0.15, -0.1) is 0 Å². The van der Waals surface area contributed by atoms with Crippen LogP contribution in [0, 0.1) is 0 Å². The van der Waals surface area contributed by atoms with Crippen LogP contribution in [0.1, 0.15) is 30.7 Å². The number of benzene rings is 2. The Hall–Kier alpha value is -3.15. The van der Waals surface area contributed by atoms with E-state index in [1.54, 1.807) is 6.92 Å². The first-order valence-corrected chi connectivity index (χ1v) is 9.02. The number of esters is 1. The van der Waals surface area contributed by atoms with Gasteiger partial charge >= 0.3 is 11.7 Å². The normalized spacial score (nSPS) is 10.9. The molecule has 0 aliphatic rings. The molecule has 0 atom stereocenters. The monoisotopic (exact) mass is 366 g/mol. The van der Waals surface area contributed by atoms with E-state index in [1.807, 2.05) is 49.4 Å². The lowest BCUT2D eigenvalue weighted by atomic mass is 9.98. The molecule has 3 rings (SSSR count). The standard InChI is InChI=1S/C21H22N2O4/c1-3-16-18(12-15-10-7-9-14-8-5-6-11-17(14)15)23(13-19(24)27-4-2)21(26)22-20(16)25/h5-11H,3-4,12-13H2,1-2H3,(H,22,25,26). The van der Waals surface area contributed by atoms with Crippen LogP contribution >= 0.6 is 0 Å².